The van der Waals surface area contributed by atoms with Crippen molar-refractivity contribution in [2.45, 2.75) is 0 Å². The summed E-state index contributed by atoms with van der Waals surface area (Å²) in [7, 11) is 0. The van der Waals surface area contributed by atoms with Gasteiger partial charge in [-0.1, -0.05) is 23.2 Å². The van der Waals surface area contributed by atoms with Gasteiger partial charge >= 0.3 is 0 Å². The number of nitrogen functional groups attached to an aromatic ring is 1. The molecule has 3 rings (SSSR count). The van der Waals surface area contributed by atoms with Gasteiger partial charge in [-0.05, 0) is 46.9 Å². The summed E-state index contributed by atoms with van der Waals surface area (Å²) in [5.41, 5.74) is 7.86. The molecule has 0 bridgehead atoms. The third-order valence-electron chi connectivity index (χ3n) is 2.87. The Labute approximate surface area is 137 Å². The van der Waals surface area contributed by atoms with Gasteiger partial charge in [0.25, 0.3) is 0 Å². The average Bonchev–Trinajstić information content (AvgIpc) is 2.66. The quantitative estimate of drug-likeness (QED) is 0.581. The second-order valence-electron chi connectivity index (χ2n) is 4.16. The largest absolute Gasteiger partial charge is 0.369 e. The van der Waals surface area contributed by atoms with Crippen LogP contribution in [0.5, 0.6) is 0 Å². The Bertz CT molecular complexity index is 832. The summed E-state index contributed by atoms with van der Waals surface area (Å²) in [6, 6.07) is 8.19. The highest BCUT2D eigenvalue weighted by Gasteiger charge is 2.15. The summed E-state index contributed by atoms with van der Waals surface area (Å²) < 4.78 is 16.1. The molecule has 0 atom stereocenters. The molecule has 20 heavy (non-hydrogen) atoms. The summed E-state index contributed by atoms with van der Waals surface area (Å²) in [6.45, 7) is 0. The van der Waals surface area contributed by atoms with Crippen molar-refractivity contribution in [3.05, 3.63) is 49.8 Å². The molecular formula is C13H7Cl2FIN3. The van der Waals surface area contributed by atoms with Gasteiger partial charge in [-0.15, -0.1) is 0 Å². The molecule has 0 aliphatic carbocycles. The Morgan fingerprint density at radius 2 is 1.95 bits per heavy atom. The van der Waals surface area contributed by atoms with E-state index in [0.717, 1.165) is 9.26 Å². The van der Waals surface area contributed by atoms with Crippen LogP contribution in [-0.2, 0) is 0 Å². The molecule has 7 heteroatoms. The zero-order valence-corrected chi connectivity index (χ0v) is 13.5. The van der Waals surface area contributed by atoms with E-state index in [1.54, 1.807) is 10.6 Å². The first-order chi connectivity index (χ1) is 9.47. The van der Waals surface area contributed by atoms with Crippen LogP contribution in [0.25, 0.3) is 16.7 Å². The van der Waals surface area contributed by atoms with E-state index in [1.165, 1.54) is 12.1 Å². The smallest absolute Gasteiger partial charge is 0.205 e. The monoisotopic (exact) mass is 421 g/mol. The van der Waals surface area contributed by atoms with Gasteiger partial charge in [0.1, 0.15) is 5.82 Å². The molecule has 0 aliphatic rings. The molecule has 0 fully saturated rings. The van der Waals surface area contributed by atoms with Gasteiger partial charge in [-0.2, -0.15) is 0 Å². The van der Waals surface area contributed by atoms with E-state index in [2.05, 4.69) is 27.6 Å². The Balaban J connectivity index is 2.35. The summed E-state index contributed by atoms with van der Waals surface area (Å²) >= 11 is 13.9. The third kappa shape index (κ3) is 2.23. The van der Waals surface area contributed by atoms with Crippen molar-refractivity contribution < 1.29 is 4.39 Å². The van der Waals surface area contributed by atoms with Crippen molar-refractivity contribution in [2.24, 2.45) is 0 Å². The second kappa shape index (κ2) is 5.05. The van der Waals surface area contributed by atoms with Gasteiger partial charge in [0.15, 0.2) is 0 Å². The molecule has 0 saturated carbocycles. The van der Waals surface area contributed by atoms with Crippen molar-refractivity contribution in [1.29, 1.82) is 0 Å². The number of benzene rings is 2. The van der Waals surface area contributed by atoms with E-state index >= 15 is 0 Å². The number of rotatable bonds is 1. The van der Waals surface area contributed by atoms with E-state index in [1.807, 2.05) is 12.1 Å². The van der Waals surface area contributed by atoms with Crippen LogP contribution in [0.15, 0.2) is 30.3 Å². The Kier molecular flexibility index (Phi) is 3.51. The number of nitrogens with zero attached hydrogens (tertiary/aromatic N) is 2. The lowest BCUT2D eigenvalue weighted by Crippen LogP contribution is -2.02. The predicted molar refractivity (Wildman–Crippen MR) is 88.2 cm³/mol. The highest BCUT2D eigenvalue weighted by Crippen LogP contribution is 2.30. The first-order valence-electron chi connectivity index (χ1n) is 5.56. The van der Waals surface area contributed by atoms with Gasteiger partial charge in [0, 0.05) is 14.7 Å². The lowest BCUT2D eigenvalue weighted by atomic mass is 10.2. The second-order valence-corrected chi connectivity index (χ2v) is 6.16. The number of anilines is 1. The summed E-state index contributed by atoms with van der Waals surface area (Å²) in [5.74, 6) is -0.253. The SMILES string of the molecule is Nc1nc2cc(F)c(Cl)cc2n1-c1ccc(Cl)cc1I. The number of hydrogen-bond donors (Lipinski definition) is 1. The maximum atomic E-state index is 13.5. The van der Waals surface area contributed by atoms with Crippen molar-refractivity contribution in [2.75, 3.05) is 5.73 Å². The zero-order valence-electron chi connectivity index (χ0n) is 9.87. The van der Waals surface area contributed by atoms with Gasteiger partial charge in [-0.25, -0.2) is 9.37 Å². The summed E-state index contributed by atoms with van der Waals surface area (Å²) in [4.78, 5) is 4.16. The number of fused-ring (bicyclic) bond motifs is 1. The highest BCUT2D eigenvalue weighted by atomic mass is 127. The fraction of sp³-hybridized carbons (Fsp3) is 0. The van der Waals surface area contributed by atoms with Crippen LogP contribution >= 0.6 is 45.8 Å². The van der Waals surface area contributed by atoms with Crippen LogP contribution < -0.4 is 5.73 Å². The number of halogens is 4. The van der Waals surface area contributed by atoms with Crippen LogP contribution in [0.3, 0.4) is 0 Å². The van der Waals surface area contributed by atoms with Crippen LogP contribution in [0.4, 0.5) is 10.3 Å². The lowest BCUT2D eigenvalue weighted by Gasteiger charge is -2.09. The Hall–Kier alpha value is -1.05. The molecule has 0 aliphatic heterocycles. The third-order valence-corrected chi connectivity index (χ3v) is 4.26. The van der Waals surface area contributed by atoms with E-state index in [-0.39, 0.29) is 11.0 Å². The lowest BCUT2D eigenvalue weighted by molar-refractivity contribution is 0.630. The maximum absolute atomic E-state index is 13.5. The van der Waals surface area contributed by atoms with Crippen molar-refractivity contribution >= 4 is 62.8 Å². The summed E-state index contributed by atoms with van der Waals surface area (Å²) in [6.07, 6.45) is 0. The fourth-order valence-corrected chi connectivity index (χ4v) is 3.28. The number of imidazole rings is 1. The van der Waals surface area contributed by atoms with Gasteiger partial charge < -0.3 is 5.73 Å². The Morgan fingerprint density at radius 1 is 1.20 bits per heavy atom. The maximum Gasteiger partial charge on any atom is 0.205 e. The van der Waals surface area contributed by atoms with Crippen molar-refractivity contribution in [3.63, 3.8) is 0 Å². The standard InChI is InChI=1S/C13H7Cl2FIN3/c14-6-1-2-11(9(17)3-6)20-12-4-7(15)8(16)5-10(12)19-13(20)18/h1-5H,(H2,18,19). The zero-order chi connectivity index (χ0) is 14.4. The van der Waals surface area contributed by atoms with Gasteiger partial charge in [0.05, 0.1) is 21.7 Å². The minimum Gasteiger partial charge on any atom is -0.369 e. The molecule has 1 aromatic heterocycles. The van der Waals surface area contributed by atoms with E-state index < -0.39 is 5.82 Å². The summed E-state index contributed by atoms with van der Waals surface area (Å²) in [5, 5.41) is 0.660. The number of nitrogens with two attached hydrogens (primary N) is 1. The van der Waals surface area contributed by atoms with Crippen LogP contribution in [-0.4, -0.2) is 9.55 Å². The molecule has 2 aromatic carbocycles. The van der Waals surface area contributed by atoms with Gasteiger partial charge in [0.2, 0.25) is 5.95 Å². The van der Waals surface area contributed by atoms with E-state index in [0.29, 0.717) is 16.1 Å². The molecule has 0 amide bonds. The number of aromatic nitrogens is 2. The molecular weight excluding hydrogens is 415 g/mol. The van der Waals surface area contributed by atoms with Crippen LogP contribution in [0, 0.1) is 9.39 Å². The van der Waals surface area contributed by atoms with Gasteiger partial charge in [-0.3, -0.25) is 4.57 Å². The molecule has 0 radical (unpaired) electrons. The molecule has 3 nitrogen and oxygen atoms in total. The topological polar surface area (TPSA) is 43.8 Å². The highest BCUT2D eigenvalue weighted by molar-refractivity contribution is 14.1. The molecule has 0 saturated heterocycles. The molecule has 0 unspecified atom stereocenters. The molecule has 2 N–H and O–H groups in total. The molecule has 3 aromatic rings. The molecule has 102 valence electrons. The normalized spacial score (nSPS) is 11.2. The minimum absolute atomic E-state index is 0.0302. The average molecular weight is 422 g/mol. The predicted octanol–water partition coefficient (Wildman–Crippen LogP) is 4.66. The van der Waals surface area contributed by atoms with Crippen LogP contribution in [0.1, 0.15) is 0 Å². The first kappa shape index (κ1) is 13.9. The molecule has 0 spiro atoms. The Morgan fingerprint density at radius 3 is 2.65 bits per heavy atom. The minimum atomic E-state index is -0.519. The van der Waals surface area contributed by atoms with Crippen molar-refractivity contribution in [3.8, 4) is 5.69 Å². The first-order valence-corrected chi connectivity index (χ1v) is 7.39. The van der Waals surface area contributed by atoms with E-state index in [9.17, 15) is 4.39 Å². The van der Waals surface area contributed by atoms with Crippen molar-refractivity contribution in [1.82, 2.24) is 9.55 Å². The fourth-order valence-electron chi connectivity index (χ4n) is 2.01. The number of hydrogen-bond acceptors (Lipinski definition) is 2. The van der Waals surface area contributed by atoms with E-state index in [4.69, 9.17) is 28.9 Å². The van der Waals surface area contributed by atoms with Crippen LogP contribution in [0.2, 0.25) is 10.0 Å². The molecule has 1 heterocycles.